The minimum absolute atomic E-state index is 0.235. The molecule has 0 aliphatic rings. The first-order valence-corrected chi connectivity index (χ1v) is 4.56. The number of rotatable bonds is 7. The smallest absolute Gasteiger partial charge is 0.308 e. The van der Waals surface area contributed by atoms with Crippen LogP contribution in [0.3, 0.4) is 0 Å². The molecule has 1 atom stereocenters. The molecular formula is C9H18O3. The van der Waals surface area contributed by atoms with E-state index in [1.807, 2.05) is 0 Å². The Bertz CT molecular complexity index is 123. The van der Waals surface area contributed by atoms with Gasteiger partial charge in [0.15, 0.2) is 0 Å². The second-order valence-electron chi connectivity index (χ2n) is 3.07. The molecule has 0 aromatic carbocycles. The van der Waals surface area contributed by atoms with Crippen molar-refractivity contribution < 1.29 is 15.0 Å². The third-order valence-corrected chi connectivity index (χ3v) is 1.98. The van der Waals surface area contributed by atoms with Gasteiger partial charge in [-0.2, -0.15) is 0 Å². The lowest BCUT2D eigenvalue weighted by Crippen LogP contribution is -2.17. The standard InChI is InChI=1S/C9H18O3/c1-2-3-4-5-6-8(7-10)9(11)12/h8,10H,2-7H2,1H3,(H,11,12)/t8-/m0/s1. The fraction of sp³-hybridized carbons (Fsp3) is 0.889. The van der Waals surface area contributed by atoms with Crippen molar-refractivity contribution in [3.63, 3.8) is 0 Å². The Kier molecular flexibility index (Phi) is 6.76. The van der Waals surface area contributed by atoms with Gasteiger partial charge in [-0.25, -0.2) is 0 Å². The summed E-state index contributed by atoms with van der Waals surface area (Å²) in [7, 11) is 0. The summed E-state index contributed by atoms with van der Waals surface area (Å²) in [4.78, 5) is 10.4. The number of aliphatic carboxylic acids is 1. The van der Waals surface area contributed by atoms with Crippen molar-refractivity contribution in [2.75, 3.05) is 6.61 Å². The summed E-state index contributed by atoms with van der Waals surface area (Å²) in [5, 5.41) is 17.2. The Labute approximate surface area is 73.4 Å². The van der Waals surface area contributed by atoms with Crippen molar-refractivity contribution in [2.24, 2.45) is 5.92 Å². The molecule has 0 aromatic rings. The normalized spacial score (nSPS) is 12.8. The average molecular weight is 174 g/mol. The Hall–Kier alpha value is -0.570. The van der Waals surface area contributed by atoms with Gasteiger partial charge >= 0.3 is 5.97 Å². The Balaban J connectivity index is 3.38. The van der Waals surface area contributed by atoms with Crippen molar-refractivity contribution in [2.45, 2.75) is 39.0 Å². The van der Waals surface area contributed by atoms with Gasteiger partial charge in [0.2, 0.25) is 0 Å². The van der Waals surface area contributed by atoms with E-state index in [0.29, 0.717) is 6.42 Å². The van der Waals surface area contributed by atoms with E-state index in [4.69, 9.17) is 10.2 Å². The highest BCUT2D eigenvalue weighted by atomic mass is 16.4. The molecule has 0 amide bonds. The molecular weight excluding hydrogens is 156 g/mol. The number of hydrogen-bond donors (Lipinski definition) is 2. The molecule has 0 heterocycles. The van der Waals surface area contributed by atoms with Gasteiger partial charge in [-0.05, 0) is 6.42 Å². The first-order valence-electron chi connectivity index (χ1n) is 4.56. The molecule has 0 spiro atoms. The van der Waals surface area contributed by atoms with Gasteiger partial charge in [-0.3, -0.25) is 4.79 Å². The van der Waals surface area contributed by atoms with Crippen LogP contribution in [0.4, 0.5) is 0 Å². The molecule has 0 saturated carbocycles. The van der Waals surface area contributed by atoms with Crippen LogP contribution in [-0.4, -0.2) is 22.8 Å². The molecule has 0 aromatic heterocycles. The number of aliphatic hydroxyl groups is 1. The average Bonchev–Trinajstić information content (AvgIpc) is 2.04. The fourth-order valence-corrected chi connectivity index (χ4v) is 1.11. The molecule has 0 aliphatic carbocycles. The minimum Gasteiger partial charge on any atom is -0.481 e. The molecule has 0 rings (SSSR count). The topological polar surface area (TPSA) is 57.5 Å². The highest BCUT2D eigenvalue weighted by Gasteiger charge is 2.14. The van der Waals surface area contributed by atoms with Crippen LogP contribution in [0.5, 0.6) is 0 Å². The van der Waals surface area contributed by atoms with Crippen LogP contribution in [0.2, 0.25) is 0 Å². The lowest BCUT2D eigenvalue weighted by atomic mass is 10.0. The largest absolute Gasteiger partial charge is 0.481 e. The number of aliphatic hydroxyl groups excluding tert-OH is 1. The van der Waals surface area contributed by atoms with E-state index in [-0.39, 0.29) is 6.61 Å². The lowest BCUT2D eigenvalue weighted by molar-refractivity contribution is -0.143. The van der Waals surface area contributed by atoms with Crippen LogP contribution in [0.25, 0.3) is 0 Å². The molecule has 3 heteroatoms. The van der Waals surface area contributed by atoms with Crippen LogP contribution in [0.1, 0.15) is 39.0 Å². The molecule has 0 radical (unpaired) electrons. The Morgan fingerprint density at radius 2 is 2.00 bits per heavy atom. The van der Waals surface area contributed by atoms with E-state index in [1.165, 1.54) is 0 Å². The van der Waals surface area contributed by atoms with E-state index in [1.54, 1.807) is 0 Å². The first-order chi connectivity index (χ1) is 5.72. The maximum atomic E-state index is 10.4. The van der Waals surface area contributed by atoms with Gasteiger partial charge in [0, 0.05) is 0 Å². The monoisotopic (exact) mass is 174 g/mol. The second-order valence-corrected chi connectivity index (χ2v) is 3.07. The summed E-state index contributed by atoms with van der Waals surface area (Å²) in [5.74, 6) is -1.43. The third kappa shape index (κ3) is 5.13. The van der Waals surface area contributed by atoms with Gasteiger partial charge in [-0.15, -0.1) is 0 Å². The van der Waals surface area contributed by atoms with E-state index in [2.05, 4.69) is 6.92 Å². The zero-order valence-corrected chi connectivity index (χ0v) is 7.62. The van der Waals surface area contributed by atoms with Crippen molar-refractivity contribution in [1.29, 1.82) is 0 Å². The SMILES string of the molecule is CCCCCC[C@@H](CO)C(=O)O. The minimum atomic E-state index is -0.881. The summed E-state index contributed by atoms with van der Waals surface area (Å²) < 4.78 is 0. The first kappa shape index (κ1) is 11.4. The van der Waals surface area contributed by atoms with E-state index in [9.17, 15) is 4.79 Å². The van der Waals surface area contributed by atoms with Gasteiger partial charge in [0.25, 0.3) is 0 Å². The number of carbonyl (C=O) groups is 1. The zero-order valence-electron chi connectivity index (χ0n) is 7.62. The molecule has 2 N–H and O–H groups in total. The molecule has 0 bridgehead atoms. The van der Waals surface area contributed by atoms with Crippen molar-refractivity contribution >= 4 is 5.97 Å². The maximum Gasteiger partial charge on any atom is 0.308 e. The van der Waals surface area contributed by atoms with E-state index < -0.39 is 11.9 Å². The number of carboxylic acids is 1. The highest BCUT2D eigenvalue weighted by molar-refractivity contribution is 5.69. The van der Waals surface area contributed by atoms with Crippen LogP contribution in [0.15, 0.2) is 0 Å². The Morgan fingerprint density at radius 1 is 1.33 bits per heavy atom. The number of carboxylic acid groups (broad SMARTS) is 1. The predicted molar refractivity (Wildman–Crippen MR) is 47.0 cm³/mol. The highest BCUT2D eigenvalue weighted by Crippen LogP contribution is 2.10. The van der Waals surface area contributed by atoms with Gasteiger partial charge in [0.05, 0.1) is 12.5 Å². The third-order valence-electron chi connectivity index (χ3n) is 1.98. The lowest BCUT2D eigenvalue weighted by Gasteiger charge is -2.07. The number of unbranched alkanes of at least 4 members (excludes halogenated alkanes) is 3. The summed E-state index contributed by atoms with van der Waals surface area (Å²) in [6.45, 7) is 1.88. The van der Waals surface area contributed by atoms with Crippen LogP contribution >= 0.6 is 0 Å². The fourth-order valence-electron chi connectivity index (χ4n) is 1.11. The quantitative estimate of drug-likeness (QED) is 0.577. The summed E-state index contributed by atoms with van der Waals surface area (Å²) in [6.07, 6.45) is 4.88. The molecule has 12 heavy (non-hydrogen) atoms. The molecule has 72 valence electrons. The summed E-state index contributed by atoms with van der Waals surface area (Å²) in [5.41, 5.74) is 0. The van der Waals surface area contributed by atoms with Gasteiger partial charge < -0.3 is 10.2 Å². The van der Waals surface area contributed by atoms with E-state index in [0.717, 1.165) is 25.7 Å². The van der Waals surface area contributed by atoms with Gasteiger partial charge in [-0.1, -0.05) is 32.6 Å². The van der Waals surface area contributed by atoms with Crippen LogP contribution in [-0.2, 0) is 4.79 Å². The van der Waals surface area contributed by atoms with E-state index >= 15 is 0 Å². The van der Waals surface area contributed by atoms with Crippen LogP contribution < -0.4 is 0 Å². The summed E-state index contributed by atoms with van der Waals surface area (Å²) in [6, 6.07) is 0. The van der Waals surface area contributed by atoms with Crippen molar-refractivity contribution in [1.82, 2.24) is 0 Å². The van der Waals surface area contributed by atoms with Crippen molar-refractivity contribution in [3.8, 4) is 0 Å². The van der Waals surface area contributed by atoms with Crippen LogP contribution in [0, 0.1) is 5.92 Å². The Morgan fingerprint density at radius 3 is 2.42 bits per heavy atom. The molecule has 0 fully saturated rings. The predicted octanol–water partition coefficient (Wildman–Crippen LogP) is 1.65. The second kappa shape index (κ2) is 7.10. The summed E-state index contributed by atoms with van der Waals surface area (Å²) >= 11 is 0. The zero-order chi connectivity index (χ0) is 9.40. The molecule has 3 nitrogen and oxygen atoms in total. The number of hydrogen-bond acceptors (Lipinski definition) is 2. The molecule has 0 saturated heterocycles. The van der Waals surface area contributed by atoms with Gasteiger partial charge in [0.1, 0.15) is 0 Å². The maximum absolute atomic E-state index is 10.4. The molecule has 0 aliphatic heterocycles. The van der Waals surface area contributed by atoms with Crippen molar-refractivity contribution in [3.05, 3.63) is 0 Å². The molecule has 0 unspecified atom stereocenters.